The number of rotatable bonds is 5. The van der Waals surface area contributed by atoms with Gasteiger partial charge >= 0.3 is 0 Å². The van der Waals surface area contributed by atoms with Crippen molar-refractivity contribution in [3.63, 3.8) is 0 Å². The zero-order chi connectivity index (χ0) is 17.7. The summed E-state index contributed by atoms with van der Waals surface area (Å²) in [5.41, 5.74) is 2.52. The van der Waals surface area contributed by atoms with Crippen molar-refractivity contribution in [3.05, 3.63) is 59.7 Å². The molecular formula is C19H22N2O3. The molecular weight excluding hydrogens is 304 g/mol. The van der Waals surface area contributed by atoms with Gasteiger partial charge in [-0.15, -0.1) is 0 Å². The van der Waals surface area contributed by atoms with Gasteiger partial charge in [-0.05, 0) is 30.2 Å². The molecule has 2 rings (SSSR count). The minimum Gasteiger partial charge on any atom is -0.378 e. The maximum absolute atomic E-state index is 12.3. The Labute approximate surface area is 141 Å². The van der Waals surface area contributed by atoms with E-state index in [1.807, 2.05) is 26.8 Å². The number of amides is 2. The van der Waals surface area contributed by atoms with Crippen molar-refractivity contribution < 1.29 is 14.7 Å². The molecule has 2 aromatic carbocycles. The fraction of sp³-hybridized carbons (Fsp3) is 0.263. The third kappa shape index (κ3) is 4.43. The smallest absolute Gasteiger partial charge is 0.257 e. The fourth-order valence-corrected chi connectivity index (χ4v) is 2.11. The normalized spacial score (nSPS) is 11.9. The zero-order valence-corrected chi connectivity index (χ0v) is 14.0. The fourth-order valence-electron chi connectivity index (χ4n) is 2.11. The molecule has 1 atom stereocenters. The number of aliphatic hydroxyl groups is 1. The molecule has 0 aliphatic carbocycles. The third-order valence-electron chi connectivity index (χ3n) is 3.65. The lowest BCUT2D eigenvalue weighted by Gasteiger charge is -2.15. The largest absolute Gasteiger partial charge is 0.378 e. The van der Waals surface area contributed by atoms with Gasteiger partial charge in [0.05, 0.1) is 0 Å². The Morgan fingerprint density at radius 3 is 2.25 bits per heavy atom. The second kappa shape index (κ2) is 7.75. The quantitative estimate of drug-likeness (QED) is 0.789. The van der Waals surface area contributed by atoms with Gasteiger partial charge < -0.3 is 15.7 Å². The summed E-state index contributed by atoms with van der Waals surface area (Å²) < 4.78 is 0. The highest BCUT2D eigenvalue weighted by Gasteiger charge is 2.18. The Bertz CT molecular complexity index is 727. The number of nitrogens with one attached hydrogen (secondary N) is 2. The molecule has 0 aliphatic rings. The van der Waals surface area contributed by atoms with Crippen molar-refractivity contribution in [3.8, 4) is 0 Å². The topological polar surface area (TPSA) is 78.4 Å². The first kappa shape index (κ1) is 17.7. The van der Waals surface area contributed by atoms with Crippen LogP contribution in [0.3, 0.4) is 0 Å². The molecule has 0 bridgehead atoms. The van der Waals surface area contributed by atoms with Crippen LogP contribution in [0.15, 0.2) is 48.5 Å². The number of carbonyl (C=O) groups excluding carboxylic acids is 2. The second-order valence-electron chi connectivity index (χ2n) is 5.98. The van der Waals surface area contributed by atoms with E-state index in [2.05, 4.69) is 10.6 Å². The van der Waals surface area contributed by atoms with Crippen LogP contribution in [0.2, 0.25) is 0 Å². The molecule has 5 nitrogen and oxygen atoms in total. The van der Waals surface area contributed by atoms with E-state index in [0.29, 0.717) is 16.9 Å². The van der Waals surface area contributed by atoms with Gasteiger partial charge in [-0.1, -0.05) is 50.2 Å². The van der Waals surface area contributed by atoms with Gasteiger partial charge in [0, 0.05) is 17.3 Å². The summed E-state index contributed by atoms with van der Waals surface area (Å²) in [5, 5.41) is 15.6. The van der Waals surface area contributed by atoms with E-state index in [1.54, 1.807) is 42.5 Å². The number of hydrogen-bond donors (Lipinski definition) is 3. The second-order valence-corrected chi connectivity index (χ2v) is 5.98. The number of aryl methyl sites for hydroxylation is 1. The number of aliphatic hydroxyl groups excluding tert-OH is 1. The van der Waals surface area contributed by atoms with Crippen LogP contribution in [0.4, 0.5) is 11.4 Å². The molecule has 2 aromatic rings. The van der Waals surface area contributed by atoms with Crippen LogP contribution in [0.25, 0.3) is 0 Å². The molecule has 0 saturated heterocycles. The van der Waals surface area contributed by atoms with Gasteiger partial charge in [0.1, 0.15) is 0 Å². The van der Waals surface area contributed by atoms with E-state index in [0.717, 1.165) is 5.56 Å². The van der Waals surface area contributed by atoms with Crippen LogP contribution in [0.1, 0.15) is 31.1 Å². The summed E-state index contributed by atoms with van der Waals surface area (Å²) in [6.07, 6.45) is -1.25. The average molecular weight is 326 g/mol. The number of carbonyl (C=O) groups is 2. The molecule has 3 N–H and O–H groups in total. The lowest BCUT2D eigenvalue weighted by Crippen LogP contribution is -2.22. The molecule has 2 amide bonds. The Morgan fingerprint density at radius 1 is 0.958 bits per heavy atom. The van der Waals surface area contributed by atoms with Crippen molar-refractivity contribution in [1.29, 1.82) is 0 Å². The lowest BCUT2D eigenvalue weighted by atomic mass is 10.1. The maximum Gasteiger partial charge on any atom is 0.257 e. The van der Waals surface area contributed by atoms with Crippen LogP contribution in [0.5, 0.6) is 0 Å². The molecule has 126 valence electrons. The highest BCUT2D eigenvalue weighted by molar-refractivity contribution is 5.97. The molecule has 24 heavy (non-hydrogen) atoms. The van der Waals surface area contributed by atoms with Gasteiger partial charge in [-0.25, -0.2) is 0 Å². The highest BCUT2D eigenvalue weighted by Crippen LogP contribution is 2.23. The van der Waals surface area contributed by atoms with E-state index in [4.69, 9.17) is 0 Å². The molecule has 0 aromatic heterocycles. The van der Waals surface area contributed by atoms with Gasteiger partial charge in [-0.2, -0.15) is 0 Å². The number of hydrogen-bond acceptors (Lipinski definition) is 3. The minimum atomic E-state index is -1.25. The molecule has 0 fully saturated rings. The van der Waals surface area contributed by atoms with E-state index in [9.17, 15) is 14.7 Å². The van der Waals surface area contributed by atoms with E-state index in [1.165, 1.54) is 0 Å². The predicted molar refractivity (Wildman–Crippen MR) is 94.7 cm³/mol. The standard InChI is InChI=1S/C19H22N2O3/c1-12(2)18(23)20-15-10-9-13(3)16(11-15)21-19(24)17(22)14-7-5-4-6-8-14/h4-12,17,22H,1-3H3,(H,20,23)(H,21,24). The molecule has 1 unspecified atom stereocenters. The average Bonchev–Trinajstić information content (AvgIpc) is 2.57. The number of benzene rings is 2. The van der Waals surface area contributed by atoms with Crippen molar-refractivity contribution >= 4 is 23.2 Å². The Kier molecular flexibility index (Phi) is 5.71. The van der Waals surface area contributed by atoms with E-state index < -0.39 is 12.0 Å². The molecule has 5 heteroatoms. The van der Waals surface area contributed by atoms with Gasteiger partial charge in [0.2, 0.25) is 5.91 Å². The highest BCUT2D eigenvalue weighted by atomic mass is 16.3. The summed E-state index contributed by atoms with van der Waals surface area (Å²) in [6, 6.07) is 14.0. The first-order valence-electron chi connectivity index (χ1n) is 7.84. The Morgan fingerprint density at radius 2 is 1.62 bits per heavy atom. The van der Waals surface area contributed by atoms with Gasteiger partial charge in [0.15, 0.2) is 6.10 Å². The van der Waals surface area contributed by atoms with E-state index >= 15 is 0 Å². The predicted octanol–water partition coefficient (Wildman–Crippen LogP) is 3.26. The zero-order valence-electron chi connectivity index (χ0n) is 14.0. The molecule has 0 heterocycles. The van der Waals surface area contributed by atoms with Crippen molar-refractivity contribution in [2.24, 2.45) is 5.92 Å². The van der Waals surface area contributed by atoms with Crippen LogP contribution < -0.4 is 10.6 Å². The Hall–Kier alpha value is -2.66. The van der Waals surface area contributed by atoms with Crippen LogP contribution >= 0.6 is 0 Å². The minimum absolute atomic E-state index is 0.0968. The SMILES string of the molecule is Cc1ccc(NC(=O)C(C)C)cc1NC(=O)C(O)c1ccccc1. The maximum atomic E-state index is 12.3. The van der Waals surface area contributed by atoms with Crippen LogP contribution in [-0.2, 0) is 9.59 Å². The molecule has 0 spiro atoms. The van der Waals surface area contributed by atoms with Gasteiger partial charge in [0.25, 0.3) is 5.91 Å². The van der Waals surface area contributed by atoms with Crippen molar-refractivity contribution in [2.75, 3.05) is 10.6 Å². The lowest BCUT2D eigenvalue weighted by molar-refractivity contribution is -0.124. The molecule has 0 aliphatic heterocycles. The molecule has 0 saturated carbocycles. The summed E-state index contributed by atoms with van der Waals surface area (Å²) >= 11 is 0. The van der Waals surface area contributed by atoms with Gasteiger partial charge in [-0.3, -0.25) is 9.59 Å². The number of anilines is 2. The van der Waals surface area contributed by atoms with Crippen molar-refractivity contribution in [1.82, 2.24) is 0 Å². The Balaban J connectivity index is 2.14. The summed E-state index contributed by atoms with van der Waals surface area (Å²) in [4.78, 5) is 24.0. The summed E-state index contributed by atoms with van der Waals surface area (Å²) in [6.45, 7) is 5.46. The third-order valence-corrected chi connectivity index (χ3v) is 3.65. The molecule has 0 radical (unpaired) electrons. The monoisotopic (exact) mass is 326 g/mol. The van der Waals surface area contributed by atoms with Crippen molar-refractivity contribution in [2.45, 2.75) is 26.9 Å². The van der Waals surface area contributed by atoms with Crippen LogP contribution in [0, 0.1) is 12.8 Å². The van der Waals surface area contributed by atoms with E-state index in [-0.39, 0.29) is 11.8 Å². The summed E-state index contributed by atoms with van der Waals surface area (Å²) in [5.74, 6) is -0.749. The van der Waals surface area contributed by atoms with Crippen LogP contribution in [-0.4, -0.2) is 16.9 Å². The summed E-state index contributed by atoms with van der Waals surface area (Å²) in [7, 11) is 0. The first-order chi connectivity index (χ1) is 11.4. The first-order valence-corrected chi connectivity index (χ1v) is 7.84.